The average Bonchev–Trinajstić information content (AvgIpc) is 3.03. The van der Waals surface area contributed by atoms with E-state index in [-0.39, 0.29) is 11.9 Å². The lowest BCUT2D eigenvalue weighted by molar-refractivity contribution is 0.0666. The number of fused-ring (bicyclic) bond motifs is 1. The molecule has 3 heteroatoms. The number of aromatic amines is 1. The molecule has 3 aromatic rings. The van der Waals surface area contributed by atoms with Gasteiger partial charge in [0.1, 0.15) is 5.69 Å². The van der Waals surface area contributed by atoms with Crippen LogP contribution in [0.4, 0.5) is 0 Å². The number of carbonyl (C=O) groups is 1. The van der Waals surface area contributed by atoms with Gasteiger partial charge in [0.05, 0.1) is 0 Å². The van der Waals surface area contributed by atoms with Crippen LogP contribution in [-0.4, -0.2) is 21.8 Å². The van der Waals surface area contributed by atoms with Crippen molar-refractivity contribution in [1.29, 1.82) is 0 Å². The van der Waals surface area contributed by atoms with Crippen LogP contribution in [0, 0.1) is 0 Å². The SMILES string of the molecule is CCC(C)N(Cc1ccccc1)C(=O)c1cc2ccccc2[nH]1. The molecule has 0 bridgehead atoms. The van der Waals surface area contributed by atoms with E-state index in [2.05, 4.69) is 31.0 Å². The van der Waals surface area contributed by atoms with Crippen molar-refractivity contribution >= 4 is 16.8 Å². The van der Waals surface area contributed by atoms with Crippen LogP contribution >= 0.6 is 0 Å². The first-order valence-electron chi connectivity index (χ1n) is 8.11. The van der Waals surface area contributed by atoms with Crippen molar-refractivity contribution in [1.82, 2.24) is 9.88 Å². The third kappa shape index (κ3) is 3.29. The molecule has 1 aromatic heterocycles. The molecular formula is C20H22N2O. The second-order valence-corrected chi connectivity index (χ2v) is 5.95. The summed E-state index contributed by atoms with van der Waals surface area (Å²) in [5, 5.41) is 1.07. The lowest BCUT2D eigenvalue weighted by atomic mass is 10.1. The number of para-hydroxylation sites is 1. The Hall–Kier alpha value is -2.55. The van der Waals surface area contributed by atoms with Crippen molar-refractivity contribution in [2.24, 2.45) is 0 Å². The quantitative estimate of drug-likeness (QED) is 0.734. The second kappa shape index (κ2) is 6.69. The highest BCUT2D eigenvalue weighted by atomic mass is 16.2. The van der Waals surface area contributed by atoms with Crippen molar-refractivity contribution in [2.75, 3.05) is 0 Å². The van der Waals surface area contributed by atoms with Gasteiger partial charge in [-0.15, -0.1) is 0 Å². The van der Waals surface area contributed by atoms with Crippen LogP contribution in [0.1, 0.15) is 36.3 Å². The molecule has 118 valence electrons. The van der Waals surface area contributed by atoms with Gasteiger partial charge in [-0.2, -0.15) is 0 Å². The third-order valence-corrected chi connectivity index (χ3v) is 4.34. The fraction of sp³-hybridized carbons (Fsp3) is 0.250. The van der Waals surface area contributed by atoms with Crippen LogP contribution < -0.4 is 0 Å². The Labute approximate surface area is 136 Å². The maximum atomic E-state index is 13.0. The van der Waals surface area contributed by atoms with Gasteiger partial charge < -0.3 is 9.88 Å². The lowest BCUT2D eigenvalue weighted by Crippen LogP contribution is -2.38. The first-order chi connectivity index (χ1) is 11.2. The molecule has 23 heavy (non-hydrogen) atoms. The number of nitrogens with zero attached hydrogens (tertiary/aromatic N) is 1. The monoisotopic (exact) mass is 306 g/mol. The normalized spacial score (nSPS) is 12.3. The number of amides is 1. The molecule has 1 amide bonds. The number of hydrogen-bond acceptors (Lipinski definition) is 1. The first-order valence-corrected chi connectivity index (χ1v) is 8.11. The van der Waals surface area contributed by atoms with Crippen molar-refractivity contribution in [3.05, 3.63) is 71.9 Å². The minimum Gasteiger partial charge on any atom is -0.351 e. The van der Waals surface area contributed by atoms with Crippen molar-refractivity contribution < 1.29 is 4.79 Å². The molecule has 0 radical (unpaired) electrons. The van der Waals surface area contributed by atoms with Crippen molar-refractivity contribution in [3.63, 3.8) is 0 Å². The highest BCUT2D eigenvalue weighted by Crippen LogP contribution is 2.19. The molecule has 1 unspecified atom stereocenters. The van der Waals surface area contributed by atoms with Crippen LogP contribution in [0.15, 0.2) is 60.7 Å². The zero-order chi connectivity index (χ0) is 16.2. The van der Waals surface area contributed by atoms with E-state index in [4.69, 9.17) is 0 Å². The molecule has 0 aliphatic carbocycles. The molecule has 0 aliphatic rings. The summed E-state index contributed by atoms with van der Waals surface area (Å²) in [5.74, 6) is 0.0550. The van der Waals surface area contributed by atoms with Gasteiger partial charge in [0.2, 0.25) is 0 Å². The van der Waals surface area contributed by atoms with Crippen LogP contribution in [0.2, 0.25) is 0 Å². The van der Waals surface area contributed by atoms with Crippen molar-refractivity contribution in [2.45, 2.75) is 32.9 Å². The largest absolute Gasteiger partial charge is 0.351 e. The molecule has 0 saturated heterocycles. The number of nitrogens with one attached hydrogen (secondary N) is 1. The molecule has 0 fully saturated rings. The van der Waals surface area contributed by atoms with Gasteiger partial charge in [-0.1, -0.05) is 55.5 Å². The van der Waals surface area contributed by atoms with E-state index in [9.17, 15) is 4.79 Å². The fourth-order valence-corrected chi connectivity index (χ4v) is 2.77. The standard InChI is InChI=1S/C20H22N2O/c1-3-15(2)22(14-16-9-5-4-6-10-16)20(23)19-13-17-11-7-8-12-18(17)21-19/h4-13,15,21H,3,14H2,1-2H3. The molecule has 1 N–H and O–H groups in total. The Balaban J connectivity index is 1.90. The Bertz CT molecular complexity index is 759. The summed E-state index contributed by atoms with van der Waals surface area (Å²) in [4.78, 5) is 18.2. The number of carbonyl (C=O) groups excluding carboxylic acids is 1. The Morgan fingerprint density at radius 1 is 1.09 bits per heavy atom. The fourth-order valence-electron chi connectivity index (χ4n) is 2.77. The van der Waals surface area contributed by atoms with E-state index < -0.39 is 0 Å². The minimum absolute atomic E-state index is 0.0550. The summed E-state index contributed by atoms with van der Waals surface area (Å²) in [7, 11) is 0. The number of aromatic nitrogens is 1. The zero-order valence-electron chi connectivity index (χ0n) is 13.6. The molecule has 0 aliphatic heterocycles. The van der Waals surface area contributed by atoms with E-state index in [1.165, 1.54) is 0 Å². The highest BCUT2D eigenvalue weighted by Gasteiger charge is 2.22. The van der Waals surface area contributed by atoms with E-state index in [0.29, 0.717) is 12.2 Å². The summed E-state index contributed by atoms with van der Waals surface area (Å²) in [6.07, 6.45) is 0.929. The van der Waals surface area contributed by atoms with Crippen LogP contribution in [0.3, 0.4) is 0 Å². The highest BCUT2D eigenvalue weighted by molar-refractivity contribution is 5.98. The van der Waals surface area contributed by atoms with Crippen LogP contribution in [-0.2, 0) is 6.54 Å². The Kier molecular flexibility index (Phi) is 4.47. The van der Waals surface area contributed by atoms with E-state index in [1.54, 1.807) is 0 Å². The summed E-state index contributed by atoms with van der Waals surface area (Å²) >= 11 is 0. The molecule has 1 atom stereocenters. The molecule has 2 aromatic carbocycles. The third-order valence-electron chi connectivity index (χ3n) is 4.34. The maximum Gasteiger partial charge on any atom is 0.270 e. The Morgan fingerprint density at radius 3 is 2.48 bits per heavy atom. The maximum absolute atomic E-state index is 13.0. The van der Waals surface area contributed by atoms with Crippen molar-refractivity contribution in [3.8, 4) is 0 Å². The summed E-state index contributed by atoms with van der Waals surface area (Å²) in [5.41, 5.74) is 2.80. The van der Waals surface area contributed by atoms with Gasteiger partial charge in [-0.3, -0.25) is 4.79 Å². The predicted molar refractivity (Wildman–Crippen MR) is 94.4 cm³/mol. The lowest BCUT2D eigenvalue weighted by Gasteiger charge is -2.28. The summed E-state index contributed by atoms with van der Waals surface area (Å²) in [6, 6.07) is 20.3. The van der Waals surface area contributed by atoms with Gasteiger partial charge in [0.25, 0.3) is 5.91 Å². The van der Waals surface area contributed by atoms with E-state index in [1.807, 2.05) is 53.4 Å². The van der Waals surface area contributed by atoms with Gasteiger partial charge in [0, 0.05) is 23.5 Å². The summed E-state index contributed by atoms with van der Waals surface area (Å²) in [6.45, 7) is 4.84. The topological polar surface area (TPSA) is 36.1 Å². The van der Waals surface area contributed by atoms with Gasteiger partial charge in [-0.25, -0.2) is 0 Å². The molecule has 3 nitrogen and oxygen atoms in total. The van der Waals surface area contributed by atoms with E-state index in [0.717, 1.165) is 22.9 Å². The molecule has 0 spiro atoms. The number of benzene rings is 2. The predicted octanol–water partition coefficient (Wildman–Crippen LogP) is 4.61. The van der Waals surface area contributed by atoms with Crippen LogP contribution in [0.5, 0.6) is 0 Å². The molecule has 0 saturated carbocycles. The van der Waals surface area contributed by atoms with Crippen LogP contribution in [0.25, 0.3) is 10.9 Å². The molecular weight excluding hydrogens is 284 g/mol. The molecule has 3 rings (SSSR count). The van der Waals surface area contributed by atoms with Gasteiger partial charge in [-0.05, 0) is 31.0 Å². The van der Waals surface area contributed by atoms with Gasteiger partial charge in [0.15, 0.2) is 0 Å². The number of rotatable bonds is 5. The number of H-pyrrole nitrogens is 1. The molecule has 1 heterocycles. The zero-order valence-corrected chi connectivity index (χ0v) is 13.6. The number of hydrogen-bond donors (Lipinski definition) is 1. The average molecular weight is 306 g/mol. The second-order valence-electron chi connectivity index (χ2n) is 5.95. The summed E-state index contributed by atoms with van der Waals surface area (Å²) < 4.78 is 0. The minimum atomic E-state index is 0.0550. The first kappa shape index (κ1) is 15.3. The van der Waals surface area contributed by atoms with Gasteiger partial charge >= 0.3 is 0 Å². The Morgan fingerprint density at radius 2 is 1.78 bits per heavy atom. The van der Waals surface area contributed by atoms with E-state index >= 15 is 0 Å². The smallest absolute Gasteiger partial charge is 0.270 e.